The summed E-state index contributed by atoms with van der Waals surface area (Å²) in [4.78, 5) is 28.8. The third-order valence-corrected chi connectivity index (χ3v) is 5.23. The Morgan fingerprint density at radius 3 is 2.69 bits per heavy atom. The molecule has 4 rings (SSSR count). The van der Waals surface area contributed by atoms with Gasteiger partial charge >= 0.3 is 5.97 Å². The highest BCUT2D eigenvalue weighted by Crippen LogP contribution is 2.31. The monoisotopic (exact) mass is 396 g/mol. The van der Waals surface area contributed by atoms with Gasteiger partial charge in [-0.15, -0.1) is 0 Å². The Hall–Kier alpha value is -3.19. The van der Waals surface area contributed by atoms with Crippen LogP contribution in [0.25, 0.3) is 22.2 Å². The number of hydrogen-bond donors (Lipinski definition) is 2. The summed E-state index contributed by atoms with van der Waals surface area (Å²) in [5.41, 5.74) is 3.65. The van der Waals surface area contributed by atoms with Crippen LogP contribution in [0.4, 0.5) is 4.39 Å². The molecule has 0 radical (unpaired) electrons. The number of aryl methyl sites for hydroxylation is 1. The predicted molar refractivity (Wildman–Crippen MR) is 106 cm³/mol. The first-order valence-electron chi connectivity index (χ1n) is 9.50. The molecule has 0 spiro atoms. The average molecular weight is 396 g/mol. The average Bonchev–Trinajstić information content (AvgIpc) is 3.11. The lowest BCUT2D eigenvalue weighted by molar-refractivity contribution is -0.159. The highest BCUT2D eigenvalue weighted by Gasteiger charge is 2.29. The molecular formula is C22H21FN2O4. The maximum absolute atomic E-state index is 13.3. The molecule has 1 saturated heterocycles. The van der Waals surface area contributed by atoms with Crippen molar-refractivity contribution < 1.29 is 23.8 Å². The fourth-order valence-electron chi connectivity index (χ4n) is 3.74. The van der Waals surface area contributed by atoms with E-state index in [1.807, 2.05) is 24.3 Å². The van der Waals surface area contributed by atoms with E-state index in [9.17, 15) is 14.0 Å². The van der Waals surface area contributed by atoms with Gasteiger partial charge in [0.2, 0.25) is 5.91 Å². The molecule has 2 aromatic carbocycles. The second-order valence-electron chi connectivity index (χ2n) is 7.07. The lowest BCUT2D eigenvalue weighted by atomic mass is 10.0. The molecule has 0 bridgehead atoms. The van der Waals surface area contributed by atoms with Crippen LogP contribution < -0.4 is 0 Å². The number of aliphatic carboxylic acids is 1. The fraction of sp³-hybridized carbons (Fsp3) is 0.273. The number of benzene rings is 2. The number of para-hydroxylation sites is 1. The van der Waals surface area contributed by atoms with Crippen molar-refractivity contribution in [3.63, 3.8) is 0 Å². The molecule has 150 valence electrons. The van der Waals surface area contributed by atoms with Crippen LogP contribution in [0.15, 0.2) is 48.5 Å². The maximum atomic E-state index is 13.3. The van der Waals surface area contributed by atoms with E-state index >= 15 is 0 Å². The van der Waals surface area contributed by atoms with Crippen molar-refractivity contribution in [1.82, 2.24) is 9.88 Å². The normalized spacial score (nSPS) is 16.9. The molecular weight excluding hydrogens is 375 g/mol. The third kappa shape index (κ3) is 4.00. The Balaban J connectivity index is 1.57. The van der Waals surface area contributed by atoms with Gasteiger partial charge < -0.3 is 19.7 Å². The quantitative estimate of drug-likeness (QED) is 0.694. The smallest absolute Gasteiger partial charge is 0.334 e. The number of ether oxygens (including phenoxy) is 1. The molecule has 1 aliphatic rings. The Kier molecular flexibility index (Phi) is 5.31. The zero-order valence-electron chi connectivity index (χ0n) is 15.7. The van der Waals surface area contributed by atoms with Crippen molar-refractivity contribution in [2.45, 2.75) is 18.9 Å². The van der Waals surface area contributed by atoms with Gasteiger partial charge in [-0.3, -0.25) is 4.79 Å². The summed E-state index contributed by atoms with van der Waals surface area (Å²) in [6.45, 7) is 0.671. The zero-order valence-corrected chi connectivity index (χ0v) is 15.7. The number of aromatic nitrogens is 1. The van der Waals surface area contributed by atoms with Crippen molar-refractivity contribution in [2.24, 2.45) is 0 Å². The van der Waals surface area contributed by atoms with Crippen LogP contribution in [-0.2, 0) is 20.7 Å². The van der Waals surface area contributed by atoms with Crippen molar-refractivity contribution in [3.05, 3.63) is 59.9 Å². The van der Waals surface area contributed by atoms with Gasteiger partial charge in [-0.05, 0) is 47.9 Å². The maximum Gasteiger partial charge on any atom is 0.334 e. The number of H-pyrrole nitrogens is 1. The second-order valence-corrected chi connectivity index (χ2v) is 7.07. The SMILES string of the molecule is O=C(O)C1CN(C(=O)CCc2c(-c3ccc(F)cc3)[nH]c3ccccc23)CCO1. The molecule has 7 heteroatoms. The second kappa shape index (κ2) is 8.05. The van der Waals surface area contributed by atoms with Gasteiger partial charge in [-0.25, -0.2) is 9.18 Å². The number of carboxylic acids is 1. The summed E-state index contributed by atoms with van der Waals surface area (Å²) in [6, 6.07) is 14.1. The number of nitrogens with zero attached hydrogens (tertiary/aromatic N) is 1. The third-order valence-electron chi connectivity index (χ3n) is 5.23. The van der Waals surface area contributed by atoms with Crippen molar-refractivity contribution in [1.29, 1.82) is 0 Å². The summed E-state index contributed by atoms with van der Waals surface area (Å²) in [5, 5.41) is 10.1. The van der Waals surface area contributed by atoms with Crippen LogP contribution >= 0.6 is 0 Å². The molecule has 1 aromatic heterocycles. The number of fused-ring (bicyclic) bond motifs is 1. The van der Waals surface area contributed by atoms with E-state index in [0.717, 1.165) is 27.7 Å². The summed E-state index contributed by atoms with van der Waals surface area (Å²) in [5.74, 6) is -1.46. The Morgan fingerprint density at radius 2 is 1.93 bits per heavy atom. The molecule has 0 saturated carbocycles. The molecule has 1 amide bonds. The molecule has 6 nitrogen and oxygen atoms in total. The van der Waals surface area contributed by atoms with E-state index in [0.29, 0.717) is 13.0 Å². The summed E-state index contributed by atoms with van der Waals surface area (Å²) < 4.78 is 18.5. The van der Waals surface area contributed by atoms with Gasteiger partial charge in [0, 0.05) is 29.6 Å². The zero-order chi connectivity index (χ0) is 20.4. The number of carboxylic acid groups (broad SMARTS) is 1. The number of amides is 1. The summed E-state index contributed by atoms with van der Waals surface area (Å²) in [7, 11) is 0. The molecule has 29 heavy (non-hydrogen) atoms. The first-order chi connectivity index (χ1) is 14.0. The van der Waals surface area contributed by atoms with Crippen LogP contribution in [0.2, 0.25) is 0 Å². The number of carbonyl (C=O) groups excluding carboxylic acids is 1. The van der Waals surface area contributed by atoms with E-state index in [4.69, 9.17) is 9.84 Å². The predicted octanol–water partition coefficient (Wildman–Crippen LogP) is 3.22. The molecule has 2 heterocycles. The lowest BCUT2D eigenvalue weighted by Gasteiger charge is -2.31. The molecule has 1 unspecified atom stereocenters. The van der Waals surface area contributed by atoms with Crippen LogP contribution in [0, 0.1) is 5.82 Å². The van der Waals surface area contributed by atoms with Crippen LogP contribution in [-0.4, -0.2) is 52.7 Å². The molecule has 2 N–H and O–H groups in total. The topological polar surface area (TPSA) is 82.6 Å². The van der Waals surface area contributed by atoms with E-state index in [-0.39, 0.29) is 31.3 Å². The minimum absolute atomic E-state index is 0.0624. The molecule has 3 aromatic rings. The highest BCUT2D eigenvalue weighted by atomic mass is 19.1. The minimum atomic E-state index is -1.06. The Labute approximate surface area is 166 Å². The number of carbonyl (C=O) groups is 2. The van der Waals surface area contributed by atoms with Crippen LogP contribution in [0.3, 0.4) is 0 Å². The van der Waals surface area contributed by atoms with Crippen LogP contribution in [0.5, 0.6) is 0 Å². The standard InChI is InChI=1S/C22H21FN2O4/c23-15-7-5-14(6-8-15)21-17(16-3-1-2-4-18(16)24-21)9-10-20(26)25-11-12-29-19(13-25)22(27)28/h1-8,19,24H,9-13H2,(H,27,28). The number of aromatic amines is 1. The number of nitrogens with one attached hydrogen (secondary N) is 1. The van der Waals surface area contributed by atoms with Crippen LogP contribution in [0.1, 0.15) is 12.0 Å². The molecule has 1 fully saturated rings. The van der Waals surface area contributed by atoms with E-state index in [1.54, 1.807) is 17.0 Å². The summed E-state index contributed by atoms with van der Waals surface area (Å²) in [6.07, 6.45) is -0.233. The Bertz CT molecular complexity index is 1040. The van der Waals surface area contributed by atoms with Gasteiger partial charge in [0.05, 0.1) is 13.2 Å². The first-order valence-corrected chi connectivity index (χ1v) is 9.50. The number of halogens is 1. The largest absolute Gasteiger partial charge is 0.479 e. The minimum Gasteiger partial charge on any atom is -0.479 e. The van der Waals surface area contributed by atoms with Gasteiger partial charge in [0.1, 0.15) is 5.82 Å². The van der Waals surface area contributed by atoms with Crippen molar-refractivity contribution in [3.8, 4) is 11.3 Å². The highest BCUT2D eigenvalue weighted by molar-refractivity contribution is 5.91. The van der Waals surface area contributed by atoms with E-state index < -0.39 is 12.1 Å². The fourth-order valence-corrected chi connectivity index (χ4v) is 3.74. The lowest BCUT2D eigenvalue weighted by Crippen LogP contribution is -2.48. The van der Waals surface area contributed by atoms with Crippen molar-refractivity contribution >= 4 is 22.8 Å². The number of morpholine rings is 1. The molecule has 0 aliphatic carbocycles. The van der Waals surface area contributed by atoms with Gasteiger partial charge in [-0.1, -0.05) is 18.2 Å². The first kappa shape index (κ1) is 19.1. The van der Waals surface area contributed by atoms with E-state index in [2.05, 4.69) is 4.98 Å². The molecule has 1 aliphatic heterocycles. The van der Waals surface area contributed by atoms with Gasteiger partial charge in [0.15, 0.2) is 6.10 Å². The van der Waals surface area contributed by atoms with E-state index in [1.165, 1.54) is 12.1 Å². The van der Waals surface area contributed by atoms with Gasteiger partial charge in [-0.2, -0.15) is 0 Å². The van der Waals surface area contributed by atoms with Crippen molar-refractivity contribution in [2.75, 3.05) is 19.7 Å². The number of hydrogen-bond acceptors (Lipinski definition) is 3. The number of rotatable bonds is 5. The Morgan fingerprint density at radius 1 is 1.17 bits per heavy atom. The summed E-state index contributed by atoms with van der Waals surface area (Å²) >= 11 is 0. The van der Waals surface area contributed by atoms with Gasteiger partial charge in [0.25, 0.3) is 0 Å². The molecule has 1 atom stereocenters.